The first kappa shape index (κ1) is 34.3. The Kier molecular flexibility index (Phi) is 10.9. The molecule has 1 heterocycles. The Balaban J connectivity index is 1.31. The van der Waals surface area contributed by atoms with E-state index in [9.17, 15) is 19.2 Å². The average Bonchev–Trinajstić information content (AvgIpc) is 3.28. The fourth-order valence-corrected chi connectivity index (χ4v) is 6.15. The summed E-state index contributed by atoms with van der Waals surface area (Å²) in [5, 5.41) is 8.45. The van der Waals surface area contributed by atoms with Crippen molar-refractivity contribution in [1.82, 2.24) is 14.7 Å². The van der Waals surface area contributed by atoms with Gasteiger partial charge in [-0.05, 0) is 80.1 Å². The van der Waals surface area contributed by atoms with Gasteiger partial charge in [-0.2, -0.15) is 0 Å². The van der Waals surface area contributed by atoms with E-state index in [0.717, 1.165) is 0 Å². The number of nitrogens with one attached hydrogen (secondary N) is 3. The fraction of sp³-hybridized carbons (Fsp3) is 0.111. The lowest BCUT2D eigenvalue weighted by molar-refractivity contribution is -0.115. The minimum absolute atomic E-state index is 0.0433. The van der Waals surface area contributed by atoms with Gasteiger partial charge in [0, 0.05) is 33.2 Å². The van der Waals surface area contributed by atoms with E-state index in [1.54, 1.807) is 92.3 Å². The van der Waals surface area contributed by atoms with Gasteiger partial charge in [0.05, 0.1) is 16.6 Å². The van der Waals surface area contributed by atoms with E-state index in [1.807, 2.05) is 36.4 Å². The Bertz CT molecular complexity index is 2080. The normalized spacial score (nSPS) is 11.9. The molecule has 3 amide bonds. The zero-order chi connectivity index (χ0) is 34.4. The predicted molar refractivity (Wildman–Crippen MR) is 193 cm³/mol. The molecule has 0 aliphatic carbocycles. The summed E-state index contributed by atoms with van der Waals surface area (Å²) in [6, 6.07) is 29.4. The smallest absolute Gasteiger partial charge is 0.295 e. The van der Waals surface area contributed by atoms with Crippen LogP contribution in [-0.4, -0.2) is 32.3 Å². The highest BCUT2D eigenvalue weighted by molar-refractivity contribution is 8.00. The maximum atomic E-state index is 13.5. The van der Waals surface area contributed by atoms with Gasteiger partial charge in [0.1, 0.15) is 11.4 Å². The van der Waals surface area contributed by atoms with E-state index in [1.165, 1.54) is 22.5 Å². The molecule has 0 fully saturated rings. The van der Waals surface area contributed by atoms with Crippen LogP contribution in [0.15, 0.2) is 119 Å². The molecule has 244 valence electrons. The number of rotatable bonds is 10. The van der Waals surface area contributed by atoms with Gasteiger partial charge in [0.2, 0.25) is 5.91 Å². The second kappa shape index (κ2) is 15.2. The fourth-order valence-electron chi connectivity index (χ4n) is 4.76. The second-order valence-electron chi connectivity index (χ2n) is 10.7. The first-order chi connectivity index (χ1) is 23.0. The molecule has 1 unspecified atom stereocenters. The van der Waals surface area contributed by atoms with Crippen molar-refractivity contribution in [2.45, 2.75) is 24.0 Å². The van der Waals surface area contributed by atoms with Crippen LogP contribution in [0.5, 0.6) is 0 Å². The lowest BCUT2D eigenvalue weighted by Gasteiger charge is -2.14. The molecule has 5 aromatic rings. The van der Waals surface area contributed by atoms with Gasteiger partial charge in [-0.3, -0.25) is 23.9 Å². The lowest BCUT2D eigenvalue weighted by atomic mass is 10.1. The molecule has 5 rings (SSSR count). The Labute approximate surface area is 291 Å². The van der Waals surface area contributed by atoms with Crippen LogP contribution in [0.4, 0.5) is 11.4 Å². The first-order valence-corrected chi connectivity index (χ1v) is 16.4. The summed E-state index contributed by atoms with van der Waals surface area (Å²) in [6.45, 7) is 3.50. The van der Waals surface area contributed by atoms with Crippen LogP contribution in [0.1, 0.15) is 28.5 Å². The number of benzene rings is 4. The summed E-state index contributed by atoms with van der Waals surface area (Å²) in [7, 11) is 1.76. The Morgan fingerprint density at radius 1 is 0.854 bits per heavy atom. The Morgan fingerprint density at radius 3 is 2.23 bits per heavy atom. The van der Waals surface area contributed by atoms with Crippen molar-refractivity contribution in [2.24, 2.45) is 7.05 Å². The average molecular weight is 701 g/mol. The summed E-state index contributed by atoms with van der Waals surface area (Å²) in [6.07, 6.45) is 1.47. The predicted octanol–water partition coefficient (Wildman–Crippen LogP) is 7.32. The van der Waals surface area contributed by atoms with Crippen LogP contribution in [0.3, 0.4) is 0 Å². The van der Waals surface area contributed by atoms with Crippen LogP contribution in [-0.2, 0) is 16.6 Å². The summed E-state index contributed by atoms with van der Waals surface area (Å²) in [5.74, 6) is -1.42. The number of thioether (sulfide) groups is 1. The van der Waals surface area contributed by atoms with Gasteiger partial charge in [0.15, 0.2) is 0 Å². The SMILES string of the molecule is Cc1c(NC(=O)C(C)Sc2cccc(NC(=O)/C(=C\c3ccc(Cl)cc3Cl)NC(=O)c3ccccc3)c2)c(=O)n(-c2ccccc2)n1C. The van der Waals surface area contributed by atoms with Crippen molar-refractivity contribution >= 4 is 70.1 Å². The monoisotopic (exact) mass is 699 g/mol. The highest BCUT2D eigenvalue weighted by atomic mass is 35.5. The van der Waals surface area contributed by atoms with Gasteiger partial charge >= 0.3 is 0 Å². The molecule has 0 saturated heterocycles. The van der Waals surface area contributed by atoms with Crippen molar-refractivity contribution in [1.29, 1.82) is 0 Å². The number of nitrogens with zero attached hydrogens (tertiary/aromatic N) is 2. The summed E-state index contributed by atoms with van der Waals surface area (Å²) in [5.41, 5.74) is 2.41. The number of hydrogen-bond donors (Lipinski definition) is 3. The number of carbonyl (C=O) groups excluding carboxylic acids is 3. The van der Waals surface area contributed by atoms with Crippen molar-refractivity contribution in [2.75, 3.05) is 10.6 Å². The molecule has 0 bridgehead atoms. The minimum Gasteiger partial charge on any atom is -0.321 e. The molecular weight excluding hydrogens is 669 g/mol. The van der Waals surface area contributed by atoms with Crippen LogP contribution in [0.25, 0.3) is 11.8 Å². The Hall–Kier alpha value is -5.03. The van der Waals surface area contributed by atoms with Crippen LogP contribution in [0.2, 0.25) is 10.0 Å². The van der Waals surface area contributed by atoms with Crippen molar-refractivity contribution in [3.8, 4) is 5.69 Å². The molecule has 0 aliphatic rings. The standard InChI is InChI=1S/C36H31Cl2N5O4S/c1-22-32(36(47)43(42(22)3)28-14-8-5-9-15-28)41-33(44)23(2)48-29-16-10-13-27(21-29)39-35(46)31(19-25-17-18-26(37)20-30(25)38)40-34(45)24-11-6-4-7-12-24/h4-21,23H,1-3H3,(H,39,46)(H,40,45)(H,41,44)/b31-19+. The minimum atomic E-state index is -0.590. The highest BCUT2D eigenvalue weighted by Gasteiger charge is 2.22. The van der Waals surface area contributed by atoms with Crippen LogP contribution >= 0.6 is 35.0 Å². The second-order valence-corrected chi connectivity index (χ2v) is 13.0. The van der Waals surface area contributed by atoms with E-state index < -0.39 is 17.1 Å². The highest BCUT2D eigenvalue weighted by Crippen LogP contribution is 2.28. The number of carbonyl (C=O) groups is 3. The molecular formula is C36H31Cl2N5O4S. The van der Waals surface area contributed by atoms with Gasteiger partial charge in [0.25, 0.3) is 17.4 Å². The third-order valence-corrected chi connectivity index (χ3v) is 9.02. The molecule has 48 heavy (non-hydrogen) atoms. The van der Waals surface area contributed by atoms with E-state index in [4.69, 9.17) is 23.2 Å². The quantitative estimate of drug-likeness (QED) is 0.104. The summed E-state index contributed by atoms with van der Waals surface area (Å²) >= 11 is 13.7. The third kappa shape index (κ3) is 8.09. The van der Waals surface area contributed by atoms with Gasteiger partial charge in [-0.25, -0.2) is 4.68 Å². The van der Waals surface area contributed by atoms with Crippen molar-refractivity contribution in [3.05, 3.63) is 146 Å². The molecule has 0 aliphatic heterocycles. The molecule has 1 aromatic heterocycles. The molecule has 0 saturated carbocycles. The zero-order valence-corrected chi connectivity index (χ0v) is 28.5. The van der Waals surface area contributed by atoms with Gasteiger partial charge in [-0.15, -0.1) is 11.8 Å². The van der Waals surface area contributed by atoms with E-state index in [-0.39, 0.29) is 22.9 Å². The topological polar surface area (TPSA) is 114 Å². The molecule has 0 spiro atoms. The first-order valence-electron chi connectivity index (χ1n) is 14.8. The maximum absolute atomic E-state index is 13.5. The summed E-state index contributed by atoms with van der Waals surface area (Å²) in [4.78, 5) is 53.7. The Morgan fingerprint density at radius 2 is 1.54 bits per heavy atom. The van der Waals surface area contributed by atoms with E-state index in [2.05, 4.69) is 16.0 Å². The third-order valence-electron chi connectivity index (χ3n) is 7.37. The summed E-state index contributed by atoms with van der Waals surface area (Å²) < 4.78 is 3.20. The van der Waals surface area contributed by atoms with Gasteiger partial charge < -0.3 is 16.0 Å². The van der Waals surface area contributed by atoms with Crippen molar-refractivity contribution < 1.29 is 14.4 Å². The molecule has 3 N–H and O–H groups in total. The lowest BCUT2D eigenvalue weighted by Crippen LogP contribution is -2.30. The maximum Gasteiger partial charge on any atom is 0.295 e. The van der Waals surface area contributed by atoms with E-state index in [0.29, 0.717) is 43.1 Å². The molecule has 9 nitrogen and oxygen atoms in total. The zero-order valence-electron chi connectivity index (χ0n) is 26.2. The molecule has 12 heteroatoms. The largest absolute Gasteiger partial charge is 0.321 e. The number of anilines is 2. The van der Waals surface area contributed by atoms with Crippen LogP contribution in [0, 0.1) is 6.92 Å². The molecule has 0 radical (unpaired) electrons. The number of halogens is 2. The van der Waals surface area contributed by atoms with Crippen molar-refractivity contribution in [3.63, 3.8) is 0 Å². The number of para-hydroxylation sites is 1. The number of amides is 3. The number of aromatic nitrogens is 2. The number of hydrogen-bond acceptors (Lipinski definition) is 5. The van der Waals surface area contributed by atoms with Crippen LogP contribution < -0.4 is 21.5 Å². The van der Waals surface area contributed by atoms with E-state index >= 15 is 0 Å². The van der Waals surface area contributed by atoms with Gasteiger partial charge in [-0.1, -0.05) is 71.7 Å². The molecule has 4 aromatic carbocycles. The molecule has 1 atom stereocenters.